The Morgan fingerprint density at radius 2 is 2.20 bits per heavy atom. The molecule has 1 heterocycles. The van der Waals surface area contributed by atoms with Gasteiger partial charge in [0.1, 0.15) is 5.82 Å². The van der Waals surface area contributed by atoms with Crippen LogP contribution in [-0.2, 0) is 19.9 Å². The quantitative estimate of drug-likeness (QED) is 0.842. The zero-order valence-electron chi connectivity index (χ0n) is 12.0. The van der Waals surface area contributed by atoms with Crippen LogP contribution in [0.5, 0.6) is 0 Å². The number of halogens is 1. The van der Waals surface area contributed by atoms with Gasteiger partial charge in [-0.05, 0) is 37.1 Å². The molecular weight excluding hydrogens is 255 g/mol. The van der Waals surface area contributed by atoms with Gasteiger partial charge in [-0.3, -0.25) is 4.68 Å². The molecule has 1 aromatic heterocycles. The topological polar surface area (TPSA) is 42.7 Å². The van der Waals surface area contributed by atoms with Gasteiger partial charge in [-0.2, -0.15) is 0 Å². The highest BCUT2D eigenvalue weighted by Crippen LogP contribution is 2.09. The van der Waals surface area contributed by atoms with E-state index in [1.54, 1.807) is 16.8 Å². The number of nitrogens with zero attached hydrogens (tertiary/aromatic N) is 3. The van der Waals surface area contributed by atoms with Gasteiger partial charge in [-0.25, -0.2) is 4.39 Å². The largest absolute Gasteiger partial charge is 0.313 e. The third kappa shape index (κ3) is 4.42. The minimum Gasteiger partial charge on any atom is -0.313 e. The fraction of sp³-hybridized carbons (Fsp3) is 0.467. The molecule has 2 aromatic rings. The molecule has 0 radical (unpaired) electrons. The van der Waals surface area contributed by atoms with Gasteiger partial charge in [0.15, 0.2) is 0 Å². The van der Waals surface area contributed by atoms with Crippen molar-refractivity contribution in [3.63, 3.8) is 0 Å². The van der Waals surface area contributed by atoms with Crippen LogP contribution in [0.3, 0.4) is 0 Å². The van der Waals surface area contributed by atoms with E-state index >= 15 is 0 Å². The first-order valence-corrected chi connectivity index (χ1v) is 7.00. The van der Waals surface area contributed by atoms with Gasteiger partial charge in [0.05, 0.1) is 5.69 Å². The van der Waals surface area contributed by atoms with Gasteiger partial charge >= 0.3 is 0 Å². The van der Waals surface area contributed by atoms with Crippen molar-refractivity contribution < 1.29 is 4.39 Å². The summed E-state index contributed by atoms with van der Waals surface area (Å²) in [6.45, 7) is 3.08. The van der Waals surface area contributed by atoms with Crippen molar-refractivity contribution in [3.8, 4) is 0 Å². The molecule has 0 saturated carbocycles. The van der Waals surface area contributed by atoms with Crippen LogP contribution >= 0.6 is 0 Å². The molecular formula is C15H21FN4. The number of hydrogen-bond donors (Lipinski definition) is 1. The maximum Gasteiger partial charge on any atom is 0.123 e. The Kier molecular flexibility index (Phi) is 5.24. The van der Waals surface area contributed by atoms with E-state index in [-0.39, 0.29) is 11.9 Å². The zero-order valence-corrected chi connectivity index (χ0v) is 12.0. The summed E-state index contributed by atoms with van der Waals surface area (Å²) in [4.78, 5) is 0. The summed E-state index contributed by atoms with van der Waals surface area (Å²) in [7, 11) is 1.86. The molecule has 0 aliphatic heterocycles. The normalized spacial score (nSPS) is 12.6. The summed E-state index contributed by atoms with van der Waals surface area (Å²) < 4.78 is 15.0. The van der Waals surface area contributed by atoms with Crippen LogP contribution in [0.4, 0.5) is 4.39 Å². The first-order valence-electron chi connectivity index (χ1n) is 7.00. The lowest BCUT2D eigenvalue weighted by Crippen LogP contribution is -2.34. The monoisotopic (exact) mass is 276 g/mol. The molecule has 4 nitrogen and oxygen atoms in total. The molecule has 1 aromatic carbocycles. The van der Waals surface area contributed by atoms with Crippen LogP contribution < -0.4 is 5.32 Å². The first-order chi connectivity index (χ1) is 9.67. The summed E-state index contributed by atoms with van der Waals surface area (Å²) in [6.07, 6.45) is 4.57. The highest BCUT2D eigenvalue weighted by atomic mass is 19.1. The lowest BCUT2D eigenvalue weighted by molar-refractivity contribution is 0.499. The Hall–Kier alpha value is -1.75. The number of aryl methyl sites for hydroxylation is 1. The van der Waals surface area contributed by atoms with E-state index < -0.39 is 0 Å². The second kappa shape index (κ2) is 7.14. The summed E-state index contributed by atoms with van der Waals surface area (Å²) in [5.74, 6) is -0.184. The van der Waals surface area contributed by atoms with Gasteiger partial charge in [0, 0.05) is 25.7 Å². The number of aromatic nitrogens is 3. The second-order valence-electron chi connectivity index (χ2n) is 5.07. The SMILES string of the molecule is CCCNC(Cc1cccc(F)c1)Cc1cn(C)nn1. The Morgan fingerprint density at radius 3 is 2.85 bits per heavy atom. The number of nitrogens with one attached hydrogen (secondary N) is 1. The molecule has 108 valence electrons. The summed E-state index contributed by atoms with van der Waals surface area (Å²) in [5, 5.41) is 11.6. The van der Waals surface area contributed by atoms with E-state index in [1.165, 1.54) is 6.07 Å². The van der Waals surface area contributed by atoms with Gasteiger partial charge in [-0.15, -0.1) is 5.10 Å². The molecule has 0 amide bonds. The van der Waals surface area contributed by atoms with Gasteiger partial charge in [-0.1, -0.05) is 24.3 Å². The maximum absolute atomic E-state index is 13.3. The van der Waals surface area contributed by atoms with E-state index in [0.717, 1.165) is 37.1 Å². The fourth-order valence-corrected chi connectivity index (χ4v) is 2.25. The molecule has 2 rings (SSSR count). The van der Waals surface area contributed by atoms with E-state index in [0.29, 0.717) is 0 Å². The number of rotatable bonds is 7. The highest BCUT2D eigenvalue weighted by Gasteiger charge is 2.12. The molecule has 1 unspecified atom stereocenters. The molecule has 0 fully saturated rings. The Morgan fingerprint density at radius 1 is 1.35 bits per heavy atom. The minimum atomic E-state index is -0.184. The van der Waals surface area contributed by atoms with E-state index in [1.807, 2.05) is 19.3 Å². The number of benzene rings is 1. The van der Waals surface area contributed by atoms with E-state index in [2.05, 4.69) is 22.6 Å². The van der Waals surface area contributed by atoms with Gasteiger partial charge in [0.25, 0.3) is 0 Å². The Labute approximate surface area is 119 Å². The van der Waals surface area contributed by atoms with Crippen LogP contribution in [0.1, 0.15) is 24.6 Å². The second-order valence-corrected chi connectivity index (χ2v) is 5.07. The minimum absolute atomic E-state index is 0.184. The third-order valence-electron chi connectivity index (χ3n) is 3.16. The maximum atomic E-state index is 13.3. The molecule has 0 saturated heterocycles. The fourth-order valence-electron chi connectivity index (χ4n) is 2.25. The van der Waals surface area contributed by atoms with Crippen molar-refractivity contribution in [1.29, 1.82) is 0 Å². The predicted octanol–water partition coefficient (Wildman–Crippen LogP) is 2.11. The Balaban J connectivity index is 2.02. The molecule has 1 atom stereocenters. The summed E-state index contributed by atoms with van der Waals surface area (Å²) >= 11 is 0. The van der Waals surface area contributed by atoms with Gasteiger partial charge in [0.2, 0.25) is 0 Å². The van der Waals surface area contributed by atoms with Crippen LogP contribution in [0.2, 0.25) is 0 Å². The predicted molar refractivity (Wildman–Crippen MR) is 76.9 cm³/mol. The molecule has 0 bridgehead atoms. The lowest BCUT2D eigenvalue weighted by atomic mass is 10.0. The van der Waals surface area contributed by atoms with Crippen molar-refractivity contribution in [2.75, 3.05) is 6.54 Å². The standard InChI is InChI=1S/C15H21FN4/c1-3-7-17-14(10-15-11-20(2)19-18-15)9-12-5-4-6-13(16)8-12/h4-6,8,11,14,17H,3,7,9-10H2,1-2H3. The van der Waals surface area contributed by atoms with Crippen molar-refractivity contribution in [2.45, 2.75) is 32.2 Å². The Bertz CT molecular complexity index is 538. The number of hydrogen-bond acceptors (Lipinski definition) is 3. The molecule has 0 aliphatic rings. The van der Waals surface area contributed by atoms with Crippen molar-refractivity contribution >= 4 is 0 Å². The molecule has 20 heavy (non-hydrogen) atoms. The lowest BCUT2D eigenvalue weighted by Gasteiger charge is -2.17. The zero-order chi connectivity index (χ0) is 14.4. The molecule has 0 aliphatic carbocycles. The van der Waals surface area contributed by atoms with Crippen LogP contribution in [-0.4, -0.2) is 27.6 Å². The van der Waals surface area contributed by atoms with Crippen molar-refractivity contribution in [2.24, 2.45) is 7.05 Å². The smallest absolute Gasteiger partial charge is 0.123 e. The van der Waals surface area contributed by atoms with Crippen LogP contribution in [0, 0.1) is 5.82 Å². The van der Waals surface area contributed by atoms with E-state index in [4.69, 9.17) is 0 Å². The average molecular weight is 276 g/mol. The molecule has 1 N–H and O–H groups in total. The highest BCUT2D eigenvalue weighted by molar-refractivity contribution is 5.18. The van der Waals surface area contributed by atoms with E-state index in [9.17, 15) is 4.39 Å². The van der Waals surface area contributed by atoms with Crippen LogP contribution in [0.25, 0.3) is 0 Å². The summed E-state index contributed by atoms with van der Waals surface area (Å²) in [5.41, 5.74) is 1.96. The van der Waals surface area contributed by atoms with Gasteiger partial charge < -0.3 is 5.32 Å². The first kappa shape index (κ1) is 14.7. The summed E-state index contributed by atoms with van der Waals surface area (Å²) in [6, 6.07) is 7.02. The molecule has 5 heteroatoms. The third-order valence-corrected chi connectivity index (χ3v) is 3.16. The van der Waals surface area contributed by atoms with Crippen LogP contribution in [0.15, 0.2) is 30.5 Å². The van der Waals surface area contributed by atoms with Crippen molar-refractivity contribution in [3.05, 3.63) is 47.5 Å². The van der Waals surface area contributed by atoms with Crippen molar-refractivity contribution in [1.82, 2.24) is 20.3 Å². The molecule has 0 spiro atoms. The average Bonchev–Trinajstić information content (AvgIpc) is 2.81.